The minimum atomic E-state index is -0.199. The summed E-state index contributed by atoms with van der Waals surface area (Å²) in [6.07, 6.45) is 0.961. The van der Waals surface area contributed by atoms with Crippen LogP contribution in [-0.4, -0.2) is 17.1 Å². The van der Waals surface area contributed by atoms with Crippen LogP contribution in [0.15, 0.2) is 48.5 Å². The van der Waals surface area contributed by atoms with Gasteiger partial charge in [-0.25, -0.2) is 0 Å². The van der Waals surface area contributed by atoms with Crippen molar-refractivity contribution in [2.24, 2.45) is 0 Å². The Labute approximate surface area is 118 Å². The van der Waals surface area contributed by atoms with Gasteiger partial charge in [-0.05, 0) is 30.5 Å². The first-order valence-corrected chi connectivity index (χ1v) is 6.81. The van der Waals surface area contributed by atoms with E-state index in [9.17, 15) is 9.90 Å². The molecule has 2 N–H and O–H groups in total. The van der Waals surface area contributed by atoms with Gasteiger partial charge in [0.2, 0.25) is 0 Å². The minimum Gasteiger partial charge on any atom is -0.507 e. The molecule has 1 saturated carbocycles. The molecule has 1 aliphatic carbocycles. The van der Waals surface area contributed by atoms with Crippen LogP contribution in [0.5, 0.6) is 5.75 Å². The Balaban J connectivity index is 1.68. The van der Waals surface area contributed by atoms with Gasteiger partial charge in [-0.3, -0.25) is 4.79 Å². The van der Waals surface area contributed by atoms with Gasteiger partial charge in [-0.1, -0.05) is 42.5 Å². The molecular weight excluding hydrogens is 250 g/mol. The zero-order valence-corrected chi connectivity index (χ0v) is 11.3. The van der Waals surface area contributed by atoms with Gasteiger partial charge in [-0.15, -0.1) is 0 Å². The van der Waals surface area contributed by atoms with Gasteiger partial charge >= 0.3 is 0 Å². The molecule has 0 heterocycles. The summed E-state index contributed by atoms with van der Waals surface area (Å²) in [6.45, 7) is 1.79. The predicted molar refractivity (Wildman–Crippen MR) is 77.9 cm³/mol. The molecule has 1 fully saturated rings. The molecule has 2 aromatic rings. The Kier molecular flexibility index (Phi) is 3.18. The number of para-hydroxylation sites is 1. The maximum Gasteiger partial charge on any atom is 0.255 e. The Hall–Kier alpha value is -2.29. The van der Waals surface area contributed by atoms with E-state index in [0.29, 0.717) is 17.0 Å². The molecule has 3 rings (SSSR count). The Morgan fingerprint density at radius 3 is 2.65 bits per heavy atom. The van der Waals surface area contributed by atoms with Crippen LogP contribution < -0.4 is 5.32 Å². The lowest BCUT2D eigenvalue weighted by molar-refractivity contribution is 0.0947. The van der Waals surface area contributed by atoms with Crippen LogP contribution in [0, 0.1) is 6.92 Å². The fourth-order valence-corrected chi connectivity index (χ4v) is 2.51. The molecule has 0 saturated heterocycles. The zero-order chi connectivity index (χ0) is 14.1. The van der Waals surface area contributed by atoms with Crippen molar-refractivity contribution in [2.75, 3.05) is 0 Å². The Bertz CT molecular complexity index is 637. The molecule has 1 amide bonds. The number of carbonyl (C=O) groups excluding carboxylic acids is 1. The average molecular weight is 267 g/mol. The fourth-order valence-electron chi connectivity index (χ4n) is 2.51. The number of hydrogen-bond donors (Lipinski definition) is 2. The van der Waals surface area contributed by atoms with E-state index >= 15 is 0 Å². The number of rotatable bonds is 3. The zero-order valence-electron chi connectivity index (χ0n) is 11.3. The molecule has 0 spiro atoms. The van der Waals surface area contributed by atoms with Gasteiger partial charge in [0.1, 0.15) is 5.75 Å². The number of phenolic OH excluding ortho intramolecular Hbond substituents is 1. The number of amides is 1. The van der Waals surface area contributed by atoms with E-state index in [0.717, 1.165) is 6.42 Å². The number of aryl methyl sites for hydroxylation is 1. The topological polar surface area (TPSA) is 49.3 Å². The molecule has 102 valence electrons. The molecule has 2 atom stereocenters. The second-order valence-corrected chi connectivity index (χ2v) is 5.30. The van der Waals surface area contributed by atoms with Crippen LogP contribution in [0.25, 0.3) is 0 Å². The lowest BCUT2D eigenvalue weighted by Crippen LogP contribution is -2.26. The first-order valence-electron chi connectivity index (χ1n) is 6.81. The van der Waals surface area contributed by atoms with Crippen LogP contribution in [0.4, 0.5) is 0 Å². The third-order valence-electron chi connectivity index (χ3n) is 3.82. The molecule has 0 bridgehead atoms. The summed E-state index contributed by atoms with van der Waals surface area (Å²) in [4.78, 5) is 12.2. The van der Waals surface area contributed by atoms with Crippen molar-refractivity contribution in [1.29, 1.82) is 0 Å². The highest BCUT2D eigenvalue weighted by molar-refractivity contribution is 5.97. The smallest absolute Gasteiger partial charge is 0.255 e. The third kappa shape index (κ3) is 2.39. The number of carbonyl (C=O) groups is 1. The lowest BCUT2D eigenvalue weighted by atomic mass is 10.1. The summed E-state index contributed by atoms with van der Waals surface area (Å²) >= 11 is 0. The number of aromatic hydroxyl groups is 1. The number of benzene rings is 2. The maximum absolute atomic E-state index is 12.2. The molecular formula is C17H17NO2. The Morgan fingerprint density at radius 2 is 1.90 bits per heavy atom. The second-order valence-electron chi connectivity index (χ2n) is 5.30. The van der Waals surface area contributed by atoms with Crippen molar-refractivity contribution in [3.05, 3.63) is 65.2 Å². The van der Waals surface area contributed by atoms with Crippen molar-refractivity contribution in [3.8, 4) is 5.75 Å². The quantitative estimate of drug-likeness (QED) is 0.898. The van der Waals surface area contributed by atoms with Crippen molar-refractivity contribution in [2.45, 2.75) is 25.3 Å². The van der Waals surface area contributed by atoms with E-state index in [1.807, 2.05) is 18.2 Å². The number of hydrogen-bond acceptors (Lipinski definition) is 2. The molecule has 0 radical (unpaired) electrons. The first kappa shape index (κ1) is 12.7. The summed E-state index contributed by atoms with van der Waals surface area (Å²) in [5.74, 6) is 0.267. The van der Waals surface area contributed by atoms with Crippen molar-refractivity contribution >= 4 is 5.91 Å². The van der Waals surface area contributed by atoms with E-state index < -0.39 is 0 Å². The van der Waals surface area contributed by atoms with Gasteiger partial charge in [0.15, 0.2) is 0 Å². The molecule has 2 aromatic carbocycles. The van der Waals surface area contributed by atoms with E-state index in [1.165, 1.54) is 5.56 Å². The minimum absolute atomic E-state index is 0.0712. The summed E-state index contributed by atoms with van der Waals surface area (Å²) in [5.41, 5.74) is 2.32. The molecule has 3 nitrogen and oxygen atoms in total. The predicted octanol–water partition coefficient (Wildman–Crippen LogP) is 2.99. The molecule has 0 aromatic heterocycles. The standard InChI is InChI=1S/C17H17NO2/c1-11-6-5-9-13(16(11)19)17(20)18-15-10-14(15)12-7-3-2-4-8-12/h2-9,14-15,19H,10H2,1H3,(H,18,20). The molecule has 0 aliphatic heterocycles. The summed E-state index contributed by atoms with van der Waals surface area (Å²) in [7, 11) is 0. The number of phenols is 1. The summed E-state index contributed by atoms with van der Waals surface area (Å²) in [5, 5.41) is 12.9. The van der Waals surface area contributed by atoms with Crippen LogP contribution >= 0.6 is 0 Å². The largest absolute Gasteiger partial charge is 0.507 e. The van der Waals surface area contributed by atoms with Gasteiger partial charge in [0, 0.05) is 12.0 Å². The van der Waals surface area contributed by atoms with E-state index in [2.05, 4.69) is 17.4 Å². The molecule has 20 heavy (non-hydrogen) atoms. The SMILES string of the molecule is Cc1cccc(C(=O)NC2CC2c2ccccc2)c1O. The summed E-state index contributed by atoms with van der Waals surface area (Å²) in [6, 6.07) is 15.6. The van der Waals surface area contributed by atoms with Crippen LogP contribution in [0.2, 0.25) is 0 Å². The van der Waals surface area contributed by atoms with Gasteiger partial charge in [-0.2, -0.15) is 0 Å². The highest BCUT2D eigenvalue weighted by Crippen LogP contribution is 2.40. The van der Waals surface area contributed by atoms with E-state index in [-0.39, 0.29) is 17.7 Å². The van der Waals surface area contributed by atoms with E-state index in [1.54, 1.807) is 25.1 Å². The highest BCUT2D eigenvalue weighted by atomic mass is 16.3. The first-order chi connectivity index (χ1) is 9.66. The second kappa shape index (κ2) is 5.00. The average Bonchev–Trinajstić information content (AvgIpc) is 3.22. The lowest BCUT2D eigenvalue weighted by Gasteiger charge is -2.08. The monoisotopic (exact) mass is 267 g/mol. The summed E-state index contributed by atoms with van der Waals surface area (Å²) < 4.78 is 0. The van der Waals surface area contributed by atoms with Crippen molar-refractivity contribution in [1.82, 2.24) is 5.32 Å². The molecule has 1 aliphatic rings. The maximum atomic E-state index is 12.2. The number of nitrogens with one attached hydrogen (secondary N) is 1. The van der Waals surface area contributed by atoms with Crippen molar-refractivity contribution < 1.29 is 9.90 Å². The normalized spacial score (nSPS) is 20.4. The van der Waals surface area contributed by atoms with Gasteiger partial charge < -0.3 is 10.4 Å². The Morgan fingerprint density at radius 1 is 1.15 bits per heavy atom. The molecule has 2 unspecified atom stereocenters. The van der Waals surface area contributed by atoms with Crippen LogP contribution in [0.1, 0.15) is 33.8 Å². The molecule has 3 heteroatoms. The third-order valence-corrected chi connectivity index (χ3v) is 3.82. The van der Waals surface area contributed by atoms with Gasteiger partial charge in [0.05, 0.1) is 5.56 Å². The van der Waals surface area contributed by atoms with Gasteiger partial charge in [0.25, 0.3) is 5.91 Å². The van der Waals surface area contributed by atoms with Crippen LogP contribution in [0.3, 0.4) is 0 Å². The highest BCUT2D eigenvalue weighted by Gasteiger charge is 2.39. The van der Waals surface area contributed by atoms with Crippen LogP contribution in [-0.2, 0) is 0 Å². The van der Waals surface area contributed by atoms with Crippen molar-refractivity contribution in [3.63, 3.8) is 0 Å². The fraction of sp³-hybridized carbons (Fsp3) is 0.235. The van der Waals surface area contributed by atoms with E-state index in [4.69, 9.17) is 0 Å².